The molecular formula is C15H20N2O. The fraction of sp³-hybridized carbons (Fsp3) is 0.467. The highest BCUT2D eigenvalue weighted by Crippen LogP contribution is 2.30. The van der Waals surface area contributed by atoms with Crippen LogP contribution in [-0.2, 0) is 11.2 Å². The topological polar surface area (TPSA) is 66.9 Å². The summed E-state index contributed by atoms with van der Waals surface area (Å²) in [5, 5.41) is 9.19. The maximum absolute atomic E-state index is 11.3. The Labute approximate surface area is 109 Å². The molecule has 0 saturated heterocycles. The molecule has 96 valence electrons. The number of nitriles is 1. The highest BCUT2D eigenvalue weighted by atomic mass is 16.1. The number of nitrogens with zero attached hydrogens (tertiary/aromatic N) is 1. The smallest absolute Gasteiger partial charge is 0.221 e. The summed E-state index contributed by atoms with van der Waals surface area (Å²) in [6, 6.07) is 5.98. The van der Waals surface area contributed by atoms with Gasteiger partial charge in [-0.25, -0.2) is 0 Å². The second-order valence-corrected chi connectivity index (χ2v) is 5.16. The van der Waals surface area contributed by atoms with Gasteiger partial charge >= 0.3 is 0 Å². The number of nitrogens with two attached hydrogens (primary N) is 1. The van der Waals surface area contributed by atoms with Gasteiger partial charge in [-0.05, 0) is 34.6 Å². The van der Waals surface area contributed by atoms with Gasteiger partial charge in [-0.3, -0.25) is 4.79 Å². The van der Waals surface area contributed by atoms with Crippen LogP contribution < -0.4 is 5.73 Å². The average Bonchev–Trinajstić information content (AvgIpc) is 2.26. The normalized spacial score (nSPS) is 10.7. The molecular weight excluding hydrogens is 224 g/mol. The van der Waals surface area contributed by atoms with Gasteiger partial charge in [0.05, 0.1) is 18.1 Å². The molecule has 0 atom stereocenters. The molecule has 2 N–H and O–H groups in total. The molecule has 3 heteroatoms. The van der Waals surface area contributed by atoms with Crippen molar-refractivity contribution in [2.45, 2.75) is 46.0 Å². The zero-order chi connectivity index (χ0) is 13.9. The number of benzene rings is 1. The van der Waals surface area contributed by atoms with Crippen LogP contribution in [0.15, 0.2) is 12.1 Å². The molecule has 0 aliphatic rings. The van der Waals surface area contributed by atoms with Crippen molar-refractivity contribution in [2.75, 3.05) is 0 Å². The van der Waals surface area contributed by atoms with E-state index in [0.717, 1.165) is 16.7 Å². The number of hydrogen-bond acceptors (Lipinski definition) is 2. The number of primary amides is 1. The largest absolute Gasteiger partial charge is 0.369 e. The van der Waals surface area contributed by atoms with Crippen molar-refractivity contribution in [3.63, 3.8) is 0 Å². The van der Waals surface area contributed by atoms with E-state index in [1.54, 1.807) is 0 Å². The van der Waals surface area contributed by atoms with Crippen LogP contribution in [0.2, 0.25) is 0 Å². The summed E-state index contributed by atoms with van der Waals surface area (Å²) in [7, 11) is 0. The molecule has 0 aliphatic carbocycles. The molecule has 18 heavy (non-hydrogen) atoms. The first kappa shape index (κ1) is 14.2. The molecule has 1 rings (SSSR count). The quantitative estimate of drug-likeness (QED) is 0.885. The van der Waals surface area contributed by atoms with Gasteiger partial charge in [0.15, 0.2) is 0 Å². The lowest BCUT2D eigenvalue weighted by atomic mass is 9.84. The average molecular weight is 244 g/mol. The van der Waals surface area contributed by atoms with Crippen LogP contribution in [-0.4, -0.2) is 5.91 Å². The Morgan fingerprint density at radius 1 is 1.28 bits per heavy atom. The van der Waals surface area contributed by atoms with E-state index in [1.165, 1.54) is 0 Å². The van der Waals surface area contributed by atoms with Gasteiger partial charge in [0.1, 0.15) is 0 Å². The molecule has 0 aliphatic heterocycles. The van der Waals surface area contributed by atoms with Crippen molar-refractivity contribution < 1.29 is 4.79 Å². The van der Waals surface area contributed by atoms with Gasteiger partial charge in [0.2, 0.25) is 5.91 Å². The summed E-state index contributed by atoms with van der Waals surface area (Å²) < 4.78 is 0. The van der Waals surface area contributed by atoms with Crippen molar-refractivity contribution in [1.82, 2.24) is 0 Å². The Morgan fingerprint density at radius 3 is 2.28 bits per heavy atom. The van der Waals surface area contributed by atoms with Crippen LogP contribution >= 0.6 is 0 Å². The first-order chi connectivity index (χ1) is 8.38. The van der Waals surface area contributed by atoms with E-state index in [1.807, 2.05) is 26.0 Å². The first-order valence-electron chi connectivity index (χ1n) is 6.22. The van der Waals surface area contributed by atoms with Crippen LogP contribution in [0.5, 0.6) is 0 Å². The van der Waals surface area contributed by atoms with Crippen LogP contribution in [0.25, 0.3) is 0 Å². The van der Waals surface area contributed by atoms with Crippen LogP contribution in [0.3, 0.4) is 0 Å². The molecule has 1 amide bonds. The Bertz CT molecular complexity index is 496. The minimum Gasteiger partial charge on any atom is -0.369 e. The Hall–Kier alpha value is -1.82. The Kier molecular flexibility index (Phi) is 4.49. The third-order valence-electron chi connectivity index (χ3n) is 3.06. The summed E-state index contributed by atoms with van der Waals surface area (Å²) in [6.07, 6.45) is 0.205. The zero-order valence-electron chi connectivity index (χ0n) is 11.4. The van der Waals surface area contributed by atoms with Gasteiger partial charge in [-0.15, -0.1) is 0 Å². The fourth-order valence-corrected chi connectivity index (χ4v) is 2.35. The van der Waals surface area contributed by atoms with Crippen molar-refractivity contribution in [2.24, 2.45) is 5.73 Å². The van der Waals surface area contributed by atoms with Gasteiger partial charge in [0, 0.05) is 0 Å². The molecule has 0 saturated carbocycles. The summed E-state index contributed by atoms with van der Waals surface area (Å²) in [4.78, 5) is 11.3. The van der Waals surface area contributed by atoms with Crippen LogP contribution in [0, 0.1) is 11.3 Å². The molecule has 1 aromatic rings. The first-order valence-corrected chi connectivity index (χ1v) is 6.22. The van der Waals surface area contributed by atoms with E-state index in [2.05, 4.69) is 19.9 Å². The van der Waals surface area contributed by atoms with E-state index in [9.17, 15) is 10.1 Å². The lowest BCUT2D eigenvalue weighted by Gasteiger charge is -2.20. The van der Waals surface area contributed by atoms with Gasteiger partial charge in [-0.2, -0.15) is 5.26 Å². The highest BCUT2D eigenvalue weighted by molar-refractivity contribution is 5.78. The lowest BCUT2D eigenvalue weighted by molar-refractivity contribution is -0.117. The third-order valence-corrected chi connectivity index (χ3v) is 3.06. The number of amides is 1. The molecule has 0 fully saturated rings. The number of rotatable bonds is 4. The molecule has 1 aromatic carbocycles. The van der Waals surface area contributed by atoms with Crippen LogP contribution in [0.1, 0.15) is 61.8 Å². The zero-order valence-corrected chi connectivity index (χ0v) is 11.4. The van der Waals surface area contributed by atoms with Gasteiger partial charge in [0.25, 0.3) is 0 Å². The third kappa shape index (κ3) is 2.89. The van der Waals surface area contributed by atoms with Crippen molar-refractivity contribution >= 4 is 5.91 Å². The Balaban J connectivity index is 3.55. The van der Waals surface area contributed by atoms with Gasteiger partial charge in [-0.1, -0.05) is 33.8 Å². The SMILES string of the molecule is CC(C)c1ccc(C#N)c(C(C)C)c1CC(N)=O. The van der Waals surface area contributed by atoms with E-state index >= 15 is 0 Å². The summed E-state index contributed by atoms with van der Waals surface area (Å²) in [5.41, 5.74) is 8.98. The fourth-order valence-electron chi connectivity index (χ4n) is 2.35. The maximum atomic E-state index is 11.3. The second-order valence-electron chi connectivity index (χ2n) is 5.16. The Morgan fingerprint density at radius 2 is 1.89 bits per heavy atom. The summed E-state index contributed by atoms with van der Waals surface area (Å²) in [5.74, 6) is 0.159. The summed E-state index contributed by atoms with van der Waals surface area (Å²) >= 11 is 0. The van der Waals surface area contributed by atoms with E-state index < -0.39 is 0 Å². The molecule has 0 bridgehead atoms. The number of carbonyl (C=O) groups is 1. The minimum atomic E-state index is -0.353. The molecule has 3 nitrogen and oxygen atoms in total. The minimum absolute atomic E-state index is 0.202. The highest BCUT2D eigenvalue weighted by Gasteiger charge is 2.18. The van der Waals surface area contributed by atoms with E-state index in [4.69, 9.17) is 5.73 Å². The van der Waals surface area contributed by atoms with Crippen molar-refractivity contribution in [1.29, 1.82) is 5.26 Å². The maximum Gasteiger partial charge on any atom is 0.221 e. The molecule has 0 heterocycles. The van der Waals surface area contributed by atoms with Crippen LogP contribution in [0.4, 0.5) is 0 Å². The van der Waals surface area contributed by atoms with Gasteiger partial charge < -0.3 is 5.73 Å². The number of carbonyl (C=O) groups excluding carboxylic acids is 1. The molecule has 0 spiro atoms. The van der Waals surface area contributed by atoms with Crippen molar-refractivity contribution in [3.8, 4) is 6.07 Å². The second kappa shape index (κ2) is 5.68. The molecule has 0 aromatic heterocycles. The standard InChI is InChI=1S/C15H20N2O/c1-9(2)12-6-5-11(8-16)15(10(3)4)13(12)7-14(17)18/h5-6,9-10H,7H2,1-4H3,(H2,17,18). The monoisotopic (exact) mass is 244 g/mol. The van der Waals surface area contributed by atoms with E-state index in [0.29, 0.717) is 11.5 Å². The predicted molar refractivity (Wildman–Crippen MR) is 72.2 cm³/mol. The molecule has 0 radical (unpaired) electrons. The lowest BCUT2D eigenvalue weighted by Crippen LogP contribution is -2.18. The van der Waals surface area contributed by atoms with E-state index in [-0.39, 0.29) is 18.2 Å². The summed E-state index contributed by atoms with van der Waals surface area (Å²) in [6.45, 7) is 8.22. The molecule has 0 unspecified atom stereocenters. The van der Waals surface area contributed by atoms with Crippen molar-refractivity contribution in [3.05, 3.63) is 34.4 Å². The predicted octanol–water partition coefficient (Wildman–Crippen LogP) is 2.83. The number of hydrogen-bond donors (Lipinski definition) is 1.